The number of hydrogen-bond donors (Lipinski definition) is 1. The smallest absolute Gasteiger partial charge is 0.318 e. The molecule has 1 rings (SSSR count). The van der Waals surface area contributed by atoms with E-state index in [1.54, 1.807) is 0 Å². The van der Waals surface area contributed by atoms with Gasteiger partial charge in [-0.15, -0.1) is 0 Å². The quantitative estimate of drug-likeness (QED) is 0.822. The summed E-state index contributed by atoms with van der Waals surface area (Å²) >= 11 is 5.91. The summed E-state index contributed by atoms with van der Waals surface area (Å²) < 4.78 is 4.91. The molecule has 0 atom stereocenters. The van der Waals surface area contributed by atoms with Crippen LogP contribution in [0.25, 0.3) is 0 Å². The molecule has 0 unspecified atom stereocenters. The van der Waals surface area contributed by atoms with Crippen LogP contribution in [0.4, 0.5) is 5.82 Å². The molecule has 6 heteroatoms. The van der Waals surface area contributed by atoms with Gasteiger partial charge < -0.3 is 15.0 Å². The van der Waals surface area contributed by atoms with E-state index >= 15 is 0 Å². The van der Waals surface area contributed by atoms with Crippen LogP contribution >= 0.6 is 11.6 Å². The van der Waals surface area contributed by atoms with Gasteiger partial charge in [-0.05, 0) is 14.1 Å². The molecule has 0 saturated carbocycles. The van der Waals surface area contributed by atoms with Crippen molar-refractivity contribution in [2.24, 2.45) is 0 Å². The van der Waals surface area contributed by atoms with Crippen molar-refractivity contribution in [1.82, 2.24) is 14.9 Å². The van der Waals surface area contributed by atoms with Gasteiger partial charge in [-0.1, -0.05) is 11.6 Å². The van der Waals surface area contributed by atoms with Gasteiger partial charge in [-0.25, -0.2) is 4.98 Å². The van der Waals surface area contributed by atoms with Crippen molar-refractivity contribution in [3.63, 3.8) is 0 Å². The fourth-order valence-electron chi connectivity index (χ4n) is 0.971. The third-order valence-electron chi connectivity index (χ3n) is 1.76. The minimum absolute atomic E-state index is 0.312. The van der Waals surface area contributed by atoms with Gasteiger partial charge in [0.1, 0.15) is 5.02 Å². The molecule has 0 amide bonds. The minimum Gasteiger partial charge on any atom is -0.467 e. The Morgan fingerprint density at radius 3 is 2.87 bits per heavy atom. The summed E-state index contributed by atoms with van der Waals surface area (Å²) in [6, 6.07) is 0.312. The Hall–Kier alpha value is -1.07. The summed E-state index contributed by atoms with van der Waals surface area (Å²) in [6.45, 7) is 1.68. The maximum absolute atomic E-state index is 5.91. The van der Waals surface area contributed by atoms with E-state index in [4.69, 9.17) is 16.3 Å². The van der Waals surface area contributed by atoms with Crippen LogP contribution in [0.1, 0.15) is 0 Å². The summed E-state index contributed by atoms with van der Waals surface area (Å²) in [4.78, 5) is 10.0. The second kappa shape index (κ2) is 5.72. The van der Waals surface area contributed by atoms with Gasteiger partial charge in [0.2, 0.25) is 0 Å². The van der Waals surface area contributed by atoms with Crippen LogP contribution < -0.4 is 10.1 Å². The Morgan fingerprint density at radius 2 is 2.27 bits per heavy atom. The van der Waals surface area contributed by atoms with Crippen molar-refractivity contribution in [2.75, 3.05) is 39.6 Å². The molecule has 1 aromatic heterocycles. The number of nitrogens with zero attached hydrogens (tertiary/aromatic N) is 3. The molecule has 1 heterocycles. The zero-order valence-corrected chi connectivity index (χ0v) is 9.88. The van der Waals surface area contributed by atoms with Crippen LogP contribution in [0, 0.1) is 0 Å². The van der Waals surface area contributed by atoms with Crippen LogP contribution in [0.5, 0.6) is 6.01 Å². The summed E-state index contributed by atoms with van der Waals surface area (Å²) in [7, 11) is 5.53. The summed E-state index contributed by atoms with van der Waals surface area (Å²) in [5.41, 5.74) is 0. The van der Waals surface area contributed by atoms with Gasteiger partial charge in [0.15, 0.2) is 5.82 Å². The molecule has 0 bridgehead atoms. The predicted molar refractivity (Wildman–Crippen MR) is 60.6 cm³/mol. The van der Waals surface area contributed by atoms with Gasteiger partial charge in [0.05, 0.1) is 13.3 Å². The lowest BCUT2D eigenvalue weighted by Gasteiger charge is -2.11. The number of aromatic nitrogens is 2. The monoisotopic (exact) mass is 230 g/mol. The van der Waals surface area contributed by atoms with Gasteiger partial charge >= 0.3 is 6.01 Å². The molecular formula is C9H15ClN4O. The largest absolute Gasteiger partial charge is 0.467 e. The fourth-order valence-corrected chi connectivity index (χ4v) is 1.13. The lowest BCUT2D eigenvalue weighted by molar-refractivity contribution is 0.380. The zero-order valence-electron chi connectivity index (χ0n) is 9.12. The maximum atomic E-state index is 5.91. The van der Waals surface area contributed by atoms with Crippen molar-refractivity contribution in [2.45, 2.75) is 0 Å². The number of ether oxygens (including phenoxy) is 1. The van der Waals surface area contributed by atoms with Crippen LogP contribution in [0.2, 0.25) is 5.02 Å². The lowest BCUT2D eigenvalue weighted by atomic mass is 10.5. The van der Waals surface area contributed by atoms with E-state index < -0.39 is 0 Å². The van der Waals surface area contributed by atoms with E-state index in [1.807, 2.05) is 14.1 Å². The average molecular weight is 231 g/mol. The first-order valence-corrected chi connectivity index (χ1v) is 4.96. The lowest BCUT2D eigenvalue weighted by Crippen LogP contribution is -2.21. The molecule has 0 aliphatic carbocycles. The van der Waals surface area contributed by atoms with Gasteiger partial charge in [0.25, 0.3) is 0 Å². The molecule has 0 aromatic carbocycles. The number of methoxy groups -OCH3 is 1. The second-order valence-electron chi connectivity index (χ2n) is 3.28. The third kappa shape index (κ3) is 3.89. The van der Waals surface area contributed by atoms with Crippen LogP contribution in [0.3, 0.4) is 0 Å². The Kier molecular flexibility index (Phi) is 4.58. The average Bonchev–Trinajstić information content (AvgIpc) is 2.20. The van der Waals surface area contributed by atoms with Gasteiger partial charge in [-0.2, -0.15) is 4.98 Å². The first-order valence-electron chi connectivity index (χ1n) is 4.58. The number of likely N-dealkylation sites (N-methyl/N-ethyl adjacent to an activating group) is 1. The SMILES string of the molecule is COc1ncc(Cl)c(NCCN(C)C)n1. The van der Waals surface area contributed by atoms with Crippen LogP contribution in [0.15, 0.2) is 6.20 Å². The van der Waals surface area contributed by atoms with E-state index in [9.17, 15) is 0 Å². The molecule has 5 nitrogen and oxygen atoms in total. The molecule has 0 radical (unpaired) electrons. The predicted octanol–water partition coefficient (Wildman–Crippen LogP) is 1.11. The molecule has 15 heavy (non-hydrogen) atoms. The summed E-state index contributed by atoms with van der Waals surface area (Å²) in [5, 5.41) is 3.61. The highest BCUT2D eigenvalue weighted by Gasteiger charge is 2.04. The Morgan fingerprint density at radius 1 is 1.53 bits per heavy atom. The number of nitrogens with one attached hydrogen (secondary N) is 1. The number of anilines is 1. The van der Waals surface area contributed by atoms with Crippen molar-refractivity contribution < 1.29 is 4.74 Å². The highest BCUT2D eigenvalue weighted by molar-refractivity contribution is 6.32. The standard InChI is InChI=1S/C9H15ClN4O/c1-14(2)5-4-11-8-7(10)6-12-9(13-8)15-3/h6H,4-5H2,1-3H3,(H,11,12,13). The van der Waals surface area contributed by atoms with E-state index in [1.165, 1.54) is 13.3 Å². The normalized spacial score (nSPS) is 10.5. The van der Waals surface area contributed by atoms with E-state index in [0.717, 1.165) is 13.1 Å². The molecule has 0 fully saturated rings. The maximum Gasteiger partial charge on any atom is 0.318 e. The number of hydrogen-bond acceptors (Lipinski definition) is 5. The Labute approximate surface area is 94.4 Å². The first kappa shape index (κ1) is 12.0. The van der Waals surface area contributed by atoms with E-state index in [2.05, 4.69) is 20.2 Å². The number of halogens is 1. The molecule has 0 spiro atoms. The van der Waals surface area contributed by atoms with Crippen molar-refractivity contribution in [3.8, 4) is 6.01 Å². The molecule has 0 aliphatic heterocycles. The van der Waals surface area contributed by atoms with Crippen molar-refractivity contribution in [3.05, 3.63) is 11.2 Å². The van der Waals surface area contributed by atoms with Crippen molar-refractivity contribution in [1.29, 1.82) is 0 Å². The van der Waals surface area contributed by atoms with E-state index in [-0.39, 0.29) is 0 Å². The van der Waals surface area contributed by atoms with Gasteiger partial charge in [-0.3, -0.25) is 0 Å². The highest BCUT2D eigenvalue weighted by atomic mass is 35.5. The minimum atomic E-state index is 0.312. The van der Waals surface area contributed by atoms with Gasteiger partial charge in [0, 0.05) is 13.1 Å². The Balaban J connectivity index is 2.59. The highest BCUT2D eigenvalue weighted by Crippen LogP contribution is 2.19. The zero-order chi connectivity index (χ0) is 11.3. The third-order valence-corrected chi connectivity index (χ3v) is 2.03. The van der Waals surface area contributed by atoms with Crippen LogP contribution in [-0.2, 0) is 0 Å². The summed E-state index contributed by atoms with van der Waals surface area (Å²) in [5.74, 6) is 0.602. The molecule has 0 aliphatic rings. The molecule has 1 N–H and O–H groups in total. The molecule has 0 saturated heterocycles. The second-order valence-corrected chi connectivity index (χ2v) is 3.69. The Bertz CT molecular complexity index is 319. The number of rotatable bonds is 5. The molecular weight excluding hydrogens is 216 g/mol. The molecule has 84 valence electrons. The molecule has 1 aromatic rings. The van der Waals surface area contributed by atoms with E-state index in [0.29, 0.717) is 16.9 Å². The van der Waals surface area contributed by atoms with Crippen LogP contribution in [-0.4, -0.2) is 49.2 Å². The topological polar surface area (TPSA) is 50.3 Å². The van der Waals surface area contributed by atoms with Crippen molar-refractivity contribution >= 4 is 17.4 Å². The first-order chi connectivity index (χ1) is 7.13. The fraction of sp³-hybridized carbons (Fsp3) is 0.556. The summed E-state index contributed by atoms with van der Waals surface area (Å²) in [6.07, 6.45) is 1.52.